The third kappa shape index (κ3) is 3.09. The Bertz CT molecular complexity index is 347. The van der Waals surface area contributed by atoms with Crippen molar-refractivity contribution in [1.29, 1.82) is 0 Å². The second-order valence-corrected chi connectivity index (χ2v) is 6.20. The van der Waals surface area contributed by atoms with Crippen LogP contribution in [0.3, 0.4) is 0 Å². The molecule has 0 radical (unpaired) electrons. The lowest BCUT2D eigenvalue weighted by molar-refractivity contribution is 0.0912. The number of thiophene rings is 1. The van der Waals surface area contributed by atoms with Gasteiger partial charge in [-0.05, 0) is 53.8 Å². The van der Waals surface area contributed by atoms with Crippen molar-refractivity contribution in [2.24, 2.45) is 5.84 Å². The number of likely N-dealkylation sites (N-methyl/N-ethyl adjacent to an activating group) is 1. The number of rotatable bonds is 6. The summed E-state index contributed by atoms with van der Waals surface area (Å²) in [5.74, 6) is 5.77. The highest BCUT2D eigenvalue weighted by Crippen LogP contribution is 2.36. The molecule has 0 fully saturated rings. The van der Waals surface area contributed by atoms with E-state index >= 15 is 0 Å². The van der Waals surface area contributed by atoms with Gasteiger partial charge in [-0.3, -0.25) is 16.2 Å². The van der Waals surface area contributed by atoms with Gasteiger partial charge >= 0.3 is 0 Å². The number of nitrogens with two attached hydrogens (primary N) is 1. The summed E-state index contributed by atoms with van der Waals surface area (Å²) in [4.78, 5) is 2.42. The average molecular weight is 320 g/mol. The van der Waals surface area contributed by atoms with Crippen molar-refractivity contribution in [1.82, 2.24) is 10.3 Å². The van der Waals surface area contributed by atoms with Crippen molar-refractivity contribution >= 4 is 27.3 Å². The first-order valence-electron chi connectivity index (χ1n) is 5.91. The standard InChI is InChI=1S/C12H22BrN3S/c1-5-16(6-2)12(3,4)11(15-14)9-7-17-8-10(9)13/h7-8,11,15H,5-6,14H2,1-4H3. The summed E-state index contributed by atoms with van der Waals surface area (Å²) in [6, 6.07) is 0.114. The molecule has 98 valence electrons. The van der Waals surface area contributed by atoms with Crippen molar-refractivity contribution in [2.45, 2.75) is 39.3 Å². The van der Waals surface area contributed by atoms with Crippen molar-refractivity contribution in [3.05, 3.63) is 20.8 Å². The lowest BCUT2D eigenvalue weighted by Gasteiger charge is -2.43. The molecular formula is C12H22BrN3S. The summed E-state index contributed by atoms with van der Waals surface area (Å²) in [5.41, 5.74) is 4.17. The first-order chi connectivity index (χ1) is 7.98. The van der Waals surface area contributed by atoms with Gasteiger partial charge in [-0.25, -0.2) is 0 Å². The van der Waals surface area contributed by atoms with Crippen molar-refractivity contribution in [3.63, 3.8) is 0 Å². The van der Waals surface area contributed by atoms with E-state index in [0.717, 1.165) is 17.6 Å². The summed E-state index contributed by atoms with van der Waals surface area (Å²) in [7, 11) is 0. The molecule has 3 nitrogen and oxygen atoms in total. The maximum absolute atomic E-state index is 5.77. The van der Waals surface area contributed by atoms with E-state index in [4.69, 9.17) is 5.84 Å². The first-order valence-corrected chi connectivity index (χ1v) is 7.65. The molecule has 0 aliphatic carbocycles. The van der Waals surface area contributed by atoms with Crippen LogP contribution < -0.4 is 11.3 Å². The topological polar surface area (TPSA) is 41.3 Å². The molecule has 0 aliphatic heterocycles. The molecule has 0 aliphatic rings. The number of nitrogens with zero attached hydrogens (tertiary/aromatic N) is 1. The van der Waals surface area contributed by atoms with Gasteiger partial charge in [-0.2, -0.15) is 11.3 Å². The first kappa shape index (κ1) is 15.1. The molecule has 0 amide bonds. The smallest absolute Gasteiger partial charge is 0.0657 e. The Balaban J connectivity index is 3.05. The Morgan fingerprint density at radius 2 is 2.00 bits per heavy atom. The third-order valence-electron chi connectivity index (χ3n) is 3.40. The van der Waals surface area contributed by atoms with Crippen molar-refractivity contribution in [2.75, 3.05) is 13.1 Å². The molecule has 1 unspecified atom stereocenters. The molecule has 1 atom stereocenters. The second kappa shape index (κ2) is 6.29. The fourth-order valence-corrected chi connectivity index (χ4v) is 3.94. The van der Waals surface area contributed by atoms with Gasteiger partial charge in [0.25, 0.3) is 0 Å². The second-order valence-electron chi connectivity index (χ2n) is 4.60. The Morgan fingerprint density at radius 3 is 2.35 bits per heavy atom. The number of halogens is 1. The lowest BCUT2D eigenvalue weighted by Crippen LogP contribution is -2.54. The summed E-state index contributed by atoms with van der Waals surface area (Å²) < 4.78 is 1.13. The maximum atomic E-state index is 5.77. The minimum absolute atomic E-state index is 0.0259. The molecule has 0 spiro atoms. The van der Waals surface area contributed by atoms with Gasteiger partial charge in [0, 0.05) is 15.4 Å². The van der Waals surface area contributed by atoms with Gasteiger partial charge < -0.3 is 0 Å². The van der Waals surface area contributed by atoms with Crippen LogP contribution in [0.25, 0.3) is 0 Å². The van der Waals surface area contributed by atoms with E-state index in [1.165, 1.54) is 5.56 Å². The number of nitrogens with one attached hydrogen (secondary N) is 1. The highest BCUT2D eigenvalue weighted by atomic mass is 79.9. The van der Waals surface area contributed by atoms with Crippen LogP contribution in [0, 0.1) is 0 Å². The molecule has 3 N–H and O–H groups in total. The van der Waals surface area contributed by atoms with E-state index in [-0.39, 0.29) is 11.6 Å². The van der Waals surface area contributed by atoms with Crippen LogP contribution in [0.5, 0.6) is 0 Å². The normalized spacial score (nSPS) is 14.3. The maximum Gasteiger partial charge on any atom is 0.0657 e. The van der Waals surface area contributed by atoms with Gasteiger partial charge in [-0.15, -0.1) is 0 Å². The van der Waals surface area contributed by atoms with Gasteiger partial charge in [-0.1, -0.05) is 13.8 Å². The Kier molecular flexibility index (Phi) is 5.60. The molecule has 1 rings (SSSR count). The zero-order chi connectivity index (χ0) is 13.1. The van der Waals surface area contributed by atoms with Gasteiger partial charge in [0.15, 0.2) is 0 Å². The Morgan fingerprint density at radius 1 is 1.41 bits per heavy atom. The lowest BCUT2D eigenvalue weighted by atomic mass is 9.88. The Labute approximate surface area is 116 Å². The number of hydrogen-bond acceptors (Lipinski definition) is 4. The summed E-state index contributed by atoms with van der Waals surface area (Å²) in [6.45, 7) is 10.9. The highest BCUT2D eigenvalue weighted by molar-refractivity contribution is 9.10. The Hall–Kier alpha value is 0.0600. The molecule has 0 saturated carbocycles. The quantitative estimate of drug-likeness (QED) is 0.625. The zero-order valence-corrected chi connectivity index (χ0v) is 13.4. The molecule has 0 bridgehead atoms. The summed E-state index contributed by atoms with van der Waals surface area (Å²) in [5, 5.41) is 4.25. The van der Waals surface area contributed by atoms with Crippen LogP contribution in [-0.2, 0) is 0 Å². The minimum Gasteiger partial charge on any atom is -0.297 e. The number of hydrogen-bond donors (Lipinski definition) is 2. The van der Waals surface area contributed by atoms with Crippen molar-refractivity contribution < 1.29 is 0 Å². The molecule has 1 aromatic rings. The van der Waals surface area contributed by atoms with E-state index in [2.05, 4.69) is 64.7 Å². The zero-order valence-electron chi connectivity index (χ0n) is 11.0. The van der Waals surface area contributed by atoms with Crippen LogP contribution >= 0.6 is 27.3 Å². The molecule has 1 heterocycles. The van der Waals surface area contributed by atoms with Gasteiger partial charge in [0.1, 0.15) is 0 Å². The molecule has 5 heteroatoms. The molecule has 1 aromatic heterocycles. The monoisotopic (exact) mass is 319 g/mol. The molecule has 0 aromatic carbocycles. The van der Waals surface area contributed by atoms with Crippen LogP contribution in [0.1, 0.15) is 39.3 Å². The predicted octanol–water partition coefficient (Wildman–Crippen LogP) is 3.14. The van der Waals surface area contributed by atoms with Crippen molar-refractivity contribution in [3.8, 4) is 0 Å². The largest absolute Gasteiger partial charge is 0.297 e. The average Bonchev–Trinajstić information content (AvgIpc) is 2.67. The fraction of sp³-hybridized carbons (Fsp3) is 0.667. The van der Waals surface area contributed by atoms with E-state index < -0.39 is 0 Å². The van der Waals surface area contributed by atoms with E-state index in [1.54, 1.807) is 11.3 Å². The molecule has 0 saturated heterocycles. The summed E-state index contributed by atoms with van der Waals surface area (Å²) >= 11 is 5.28. The third-order valence-corrected chi connectivity index (χ3v) is 5.16. The van der Waals surface area contributed by atoms with E-state index in [1.807, 2.05) is 0 Å². The van der Waals surface area contributed by atoms with Crippen LogP contribution in [0.4, 0.5) is 0 Å². The van der Waals surface area contributed by atoms with Gasteiger partial charge in [0.05, 0.1) is 6.04 Å². The number of hydrazine groups is 1. The van der Waals surface area contributed by atoms with Crippen LogP contribution in [0.15, 0.2) is 15.2 Å². The predicted molar refractivity (Wildman–Crippen MR) is 79.1 cm³/mol. The minimum atomic E-state index is -0.0259. The highest BCUT2D eigenvalue weighted by Gasteiger charge is 2.35. The molecular weight excluding hydrogens is 298 g/mol. The van der Waals surface area contributed by atoms with Gasteiger partial charge in [0.2, 0.25) is 0 Å². The van der Waals surface area contributed by atoms with E-state index in [0.29, 0.717) is 0 Å². The van der Waals surface area contributed by atoms with Crippen LogP contribution in [0.2, 0.25) is 0 Å². The fourth-order valence-electron chi connectivity index (χ4n) is 2.39. The van der Waals surface area contributed by atoms with E-state index in [9.17, 15) is 0 Å². The molecule has 17 heavy (non-hydrogen) atoms. The summed E-state index contributed by atoms with van der Waals surface area (Å²) in [6.07, 6.45) is 0. The van der Waals surface area contributed by atoms with Crippen LogP contribution in [-0.4, -0.2) is 23.5 Å². The SMILES string of the molecule is CCN(CC)C(C)(C)C(NN)c1cscc1Br.